The molecule has 4 nitrogen and oxygen atoms in total. The van der Waals surface area contributed by atoms with Gasteiger partial charge in [0.15, 0.2) is 0 Å². The average Bonchev–Trinajstić information content (AvgIpc) is 2.37. The summed E-state index contributed by atoms with van der Waals surface area (Å²) in [5, 5.41) is 0. The molecular weight excluding hydrogens is 234 g/mol. The van der Waals surface area contributed by atoms with E-state index in [0.29, 0.717) is 6.04 Å². The van der Waals surface area contributed by atoms with E-state index >= 15 is 0 Å². The molecule has 1 saturated heterocycles. The van der Waals surface area contributed by atoms with Gasteiger partial charge >= 0.3 is 8.80 Å². The fourth-order valence-electron chi connectivity index (χ4n) is 2.46. The minimum absolute atomic E-state index is 0.467. The van der Waals surface area contributed by atoms with Crippen LogP contribution in [0.3, 0.4) is 0 Å². The first kappa shape index (κ1) is 15.1. The Morgan fingerprint density at radius 1 is 1.12 bits per heavy atom. The van der Waals surface area contributed by atoms with Crippen LogP contribution in [0.15, 0.2) is 0 Å². The van der Waals surface area contributed by atoms with E-state index in [1.165, 1.54) is 25.9 Å². The highest BCUT2D eigenvalue weighted by Crippen LogP contribution is 2.23. The second kappa shape index (κ2) is 6.85. The van der Waals surface area contributed by atoms with Gasteiger partial charge in [-0.05, 0) is 38.8 Å². The normalized spacial score (nSPS) is 21.7. The molecule has 0 amide bonds. The SMILES string of the molecule is CO[Si](CC(C)N1CCC(C)CC1)(OC)OC. The Morgan fingerprint density at radius 3 is 2.00 bits per heavy atom. The van der Waals surface area contributed by atoms with Crippen LogP contribution < -0.4 is 0 Å². The molecule has 5 heteroatoms. The van der Waals surface area contributed by atoms with E-state index in [1.54, 1.807) is 21.3 Å². The summed E-state index contributed by atoms with van der Waals surface area (Å²) in [6, 6.07) is 1.33. The highest BCUT2D eigenvalue weighted by Gasteiger charge is 2.41. The van der Waals surface area contributed by atoms with E-state index < -0.39 is 8.80 Å². The second-order valence-electron chi connectivity index (χ2n) is 5.07. The van der Waals surface area contributed by atoms with Crippen molar-refractivity contribution in [3.63, 3.8) is 0 Å². The van der Waals surface area contributed by atoms with E-state index in [9.17, 15) is 0 Å². The topological polar surface area (TPSA) is 30.9 Å². The van der Waals surface area contributed by atoms with Gasteiger partial charge in [-0.2, -0.15) is 0 Å². The number of piperidine rings is 1. The van der Waals surface area contributed by atoms with Crippen molar-refractivity contribution in [2.45, 2.75) is 38.8 Å². The molecule has 17 heavy (non-hydrogen) atoms. The van der Waals surface area contributed by atoms with Crippen molar-refractivity contribution in [3.05, 3.63) is 0 Å². The van der Waals surface area contributed by atoms with Crippen LogP contribution in [-0.4, -0.2) is 54.2 Å². The predicted octanol–water partition coefficient (Wildman–Crippen LogP) is 1.98. The van der Waals surface area contributed by atoms with Crippen molar-refractivity contribution >= 4 is 8.80 Å². The van der Waals surface area contributed by atoms with E-state index in [2.05, 4.69) is 18.7 Å². The average molecular weight is 261 g/mol. The van der Waals surface area contributed by atoms with Gasteiger partial charge in [-0.3, -0.25) is 0 Å². The molecule has 1 rings (SSSR count). The van der Waals surface area contributed by atoms with Crippen molar-refractivity contribution < 1.29 is 13.3 Å². The van der Waals surface area contributed by atoms with Gasteiger partial charge in [-0.15, -0.1) is 0 Å². The van der Waals surface area contributed by atoms with Crippen molar-refractivity contribution in [1.29, 1.82) is 0 Å². The summed E-state index contributed by atoms with van der Waals surface area (Å²) in [6.45, 7) is 6.95. The Labute approximate surface area is 107 Å². The van der Waals surface area contributed by atoms with Gasteiger partial charge in [0.2, 0.25) is 0 Å². The van der Waals surface area contributed by atoms with Crippen LogP contribution >= 0.6 is 0 Å². The minimum atomic E-state index is -2.42. The van der Waals surface area contributed by atoms with Crippen LogP contribution in [-0.2, 0) is 13.3 Å². The summed E-state index contributed by atoms with van der Waals surface area (Å²) in [4.78, 5) is 2.53. The number of nitrogens with zero attached hydrogens (tertiary/aromatic N) is 1. The largest absolute Gasteiger partial charge is 0.501 e. The lowest BCUT2D eigenvalue weighted by Crippen LogP contribution is -2.50. The lowest BCUT2D eigenvalue weighted by atomic mass is 9.98. The summed E-state index contributed by atoms with van der Waals surface area (Å²) in [5.41, 5.74) is 0. The maximum absolute atomic E-state index is 5.49. The molecule has 1 aliphatic rings. The van der Waals surface area contributed by atoms with Crippen molar-refractivity contribution in [3.8, 4) is 0 Å². The third-order valence-corrected chi connectivity index (χ3v) is 6.88. The molecule has 0 aliphatic carbocycles. The molecule has 0 radical (unpaired) electrons. The molecule has 0 aromatic rings. The maximum Gasteiger partial charge on any atom is 0.501 e. The molecule has 102 valence electrons. The van der Waals surface area contributed by atoms with Crippen LogP contribution in [0, 0.1) is 5.92 Å². The Balaban J connectivity index is 2.49. The van der Waals surface area contributed by atoms with Crippen LogP contribution in [0.5, 0.6) is 0 Å². The van der Waals surface area contributed by atoms with Gasteiger partial charge < -0.3 is 18.2 Å². The van der Waals surface area contributed by atoms with Gasteiger partial charge in [-0.1, -0.05) is 6.92 Å². The molecule has 0 spiro atoms. The number of rotatable bonds is 6. The first-order chi connectivity index (χ1) is 8.06. The zero-order valence-electron chi connectivity index (χ0n) is 11.9. The summed E-state index contributed by atoms with van der Waals surface area (Å²) in [6.07, 6.45) is 2.59. The molecule has 0 saturated carbocycles. The highest BCUT2D eigenvalue weighted by molar-refractivity contribution is 6.60. The van der Waals surface area contributed by atoms with E-state index in [4.69, 9.17) is 13.3 Å². The Morgan fingerprint density at radius 2 is 1.59 bits per heavy atom. The molecule has 1 aliphatic heterocycles. The van der Waals surface area contributed by atoms with Gasteiger partial charge in [0.25, 0.3) is 0 Å². The fourth-order valence-corrected chi connectivity index (χ4v) is 4.44. The molecule has 0 N–H and O–H groups in total. The lowest BCUT2D eigenvalue weighted by molar-refractivity contribution is 0.0986. The molecule has 1 atom stereocenters. The summed E-state index contributed by atoms with van der Waals surface area (Å²) in [7, 11) is 2.63. The van der Waals surface area contributed by atoms with Crippen LogP contribution in [0.1, 0.15) is 26.7 Å². The standard InChI is InChI=1S/C12H27NO3Si/c1-11-6-8-13(9-7-11)12(2)10-17(14-3,15-4)16-5/h11-12H,6-10H2,1-5H3. The summed E-state index contributed by atoms with van der Waals surface area (Å²) < 4.78 is 16.5. The van der Waals surface area contributed by atoms with E-state index in [1.807, 2.05) is 0 Å². The first-order valence-electron chi connectivity index (χ1n) is 6.46. The highest BCUT2D eigenvalue weighted by atomic mass is 28.4. The molecular formula is C12H27NO3Si. The smallest absolute Gasteiger partial charge is 0.377 e. The summed E-state index contributed by atoms with van der Waals surface area (Å²) >= 11 is 0. The molecule has 0 bridgehead atoms. The van der Waals surface area contributed by atoms with Crippen molar-refractivity contribution in [2.24, 2.45) is 5.92 Å². The zero-order valence-corrected chi connectivity index (χ0v) is 12.9. The van der Waals surface area contributed by atoms with Gasteiger partial charge in [-0.25, -0.2) is 0 Å². The monoisotopic (exact) mass is 261 g/mol. The van der Waals surface area contributed by atoms with E-state index in [-0.39, 0.29) is 0 Å². The third kappa shape index (κ3) is 4.03. The maximum atomic E-state index is 5.49. The second-order valence-corrected chi connectivity index (χ2v) is 8.07. The van der Waals surface area contributed by atoms with Crippen molar-refractivity contribution in [2.75, 3.05) is 34.4 Å². The molecule has 0 aromatic carbocycles. The molecule has 1 fully saturated rings. The van der Waals surface area contributed by atoms with Gasteiger partial charge in [0, 0.05) is 33.4 Å². The molecule has 1 heterocycles. The zero-order chi connectivity index (χ0) is 12.9. The Kier molecular flexibility index (Phi) is 6.09. The lowest BCUT2D eigenvalue weighted by Gasteiger charge is -2.37. The Hall–Kier alpha value is 0.0569. The Bertz CT molecular complexity index is 208. The van der Waals surface area contributed by atoms with Crippen LogP contribution in [0.25, 0.3) is 0 Å². The van der Waals surface area contributed by atoms with Gasteiger partial charge in [0.05, 0.1) is 0 Å². The predicted molar refractivity (Wildman–Crippen MR) is 71.0 cm³/mol. The molecule has 0 aromatic heterocycles. The number of hydrogen-bond acceptors (Lipinski definition) is 4. The number of likely N-dealkylation sites (tertiary alicyclic amines) is 1. The third-order valence-electron chi connectivity index (χ3n) is 3.92. The minimum Gasteiger partial charge on any atom is -0.377 e. The quantitative estimate of drug-likeness (QED) is 0.684. The van der Waals surface area contributed by atoms with E-state index in [0.717, 1.165) is 12.0 Å². The fraction of sp³-hybridized carbons (Fsp3) is 1.00. The van der Waals surface area contributed by atoms with Crippen molar-refractivity contribution in [1.82, 2.24) is 4.90 Å². The van der Waals surface area contributed by atoms with Crippen LogP contribution in [0.4, 0.5) is 0 Å². The number of hydrogen-bond donors (Lipinski definition) is 0. The summed E-state index contributed by atoms with van der Waals surface area (Å²) in [5.74, 6) is 0.868. The van der Waals surface area contributed by atoms with Gasteiger partial charge in [0.1, 0.15) is 0 Å². The van der Waals surface area contributed by atoms with Crippen LogP contribution in [0.2, 0.25) is 6.04 Å². The molecule has 1 unspecified atom stereocenters. The first-order valence-corrected chi connectivity index (χ1v) is 8.39.